The second kappa shape index (κ2) is 7.41. The molecule has 3 heteroatoms. The summed E-state index contributed by atoms with van der Waals surface area (Å²) in [5, 5.41) is 0. The molecule has 0 saturated heterocycles. The topological polar surface area (TPSA) is 39.1 Å². The van der Waals surface area contributed by atoms with Crippen molar-refractivity contribution in [3.05, 3.63) is 66.0 Å². The SMILES string of the molecule is C=Cc1cccc(/C=C/c2ccccc2OC)[n+]1CCN. The van der Waals surface area contributed by atoms with Crippen molar-refractivity contribution in [2.75, 3.05) is 13.7 Å². The summed E-state index contributed by atoms with van der Waals surface area (Å²) in [5.41, 5.74) is 8.90. The zero-order chi connectivity index (χ0) is 15.1. The third-order valence-electron chi connectivity index (χ3n) is 3.29. The Labute approximate surface area is 126 Å². The minimum atomic E-state index is 0.588. The standard InChI is InChI=1S/C18H21N2O/c1-3-16-8-6-9-17(20(16)14-13-19)12-11-15-7-4-5-10-18(15)21-2/h3-12H,1,13-14,19H2,2H3/q+1/b12-11+. The molecular formula is C18H21N2O+. The van der Waals surface area contributed by atoms with Crippen LogP contribution in [0.4, 0.5) is 0 Å². The Morgan fingerprint density at radius 2 is 1.86 bits per heavy atom. The fourth-order valence-corrected chi connectivity index (χ4v) is 2.26. The van der Waals surface area contributed by atoms with Crippen LogP contribution < -0.4 is 15.0 Å². The Morgan fingerprint density at radius 3 is 2.57 bits per heavy atom. The van der Waals surface area contributed by atoms with Gasteiger partial charge in [-0.05, 0) is 18.2 Å². The first-order valence-corrected chi connectivity index (χ1v) is 6.96. The summed E-state index contributed by atoms with van der Waals surface area (Å²) in [5.74, 6) is 0.860. The van der Waals surface area contributed by atoms with Gasteiger partial charge in [0, 0.05) is 29.8 Å². The van der Waals surface area contributed by atoms with Crippen LogP contribution in [0.1, 0.15) is 17.0 Å². The first kappa shape index (κ1) is 15.0. The third kappa shape index (κ3) is 3.58. The van der Waals surface area contributed by atoms with Crippen LogP contribution in [0.25, 0.3) is 18.2 Å². The first-order valence-electron chi connectivity index (χ1n) is 6.96. The maximum atomic E-state index is 5.71. The molecule has 2 rings (SSSR count). The molecule has 1 aromatic carbocycles. The van der Waals surface area contributed by atoms with E-state index in [1.54, 1.807) is 7.11 Å². The molecule has 21 heavy (non-hydrogen) atoms. The number of para-hydroxylation sites is 1. The van der Waals surface area contributed by atoms with Crippen LogP contribution in [0.2, 0.25) is 0 Å². The first-order chi connectivity index (χ1) is 10.3. The molecule has 0 saturated carbocycles. The van der Waals surface area contributed by atoms with Gasteiger partial charge in [-0.25, -0.2) is 0 Å². The van der Waals surface area contributed by atoms with Crippen molar-refractivity contribution in [1.29, 1.82) is 0 Å². The molecule has 2 aromatic rings. The van der Waals surface area contributed by atoms with Crippen LogP contribution in [0.3, 0.4) is 0 Å². The number of ether oxygens (including phenoxy) is 1. The van der Waals surface area contributed by atoms with E-state index in [1.165, 1.54) is 0 Å². The Morgan fingerprint density at radius 1 is 1.10 bits per heavy atom. The lowest BCUT2D eigenvalue weighted by molar-refractivity contribution is -0.697. The highest BCUT2D eigenvalue weighted by Crippen LogP contribution is 2.19. The summed E-state index contributed by atoms with van der Waals surface area (Å²) in [6, 6.07) is 14.1. The van der Waals surface area contributed by atoms with Gasteiger partial charge in [-0.2, -0.15) is 4.57 Å². The molecule has 0 bridgehead atoms. The van der Waals surface area contributed by atoms with Crippen molar-refractivity contribution in [3.63, 3.8) is 0 Å². The number of aromatic nitrogens is 1. The molecule has 0 aliphatic carbocycles. The highest BCUT2D eigenvalue weighted by Gasteiger charge is 2.11. The molecule has 0 atom stereocenters. The Balaban J connectivity index is 2.38. The molecule has 108 valence electrons. The fourth-order valence-electron chi connectivity index (χ4n) is 2.26. The average Bonchev–Trinajstić information content (AvgIpc) is 2.54. The van der Waals surface area contributed by atoms with Gasteiger partial charge >= 0.3 is 0 Å². The lowest BCUT2D eigenvalue weighted by Crippen LogP contribution is -2.43. The highest BCUT2D eigenvalue weighted by atomic mass is 16.5. The zero-order valence-corrected chi connectivity index (χ0v) is 12.3. The summed E-state index contributed by atoms with van der Waals surface area (Å²) in [6.45, 7) is 5.20. The van der Waals surface area contributed by atoms with Gasteiger partial charge in [-0.15, -0.1) is 0 Å². The number of benzene rings is 1. The van der Waals surface area contributed by atoms with Gasteiger partial charge in [0.2, 0.25) is 11.4 Å². The van der Waals surface area contributed by atoms with Crippen LogP contribution in [0, 0.1) is 0 Å². The zero-order valence-electron chi connectivity index (χ0n) is 12.3. The van der Waals surface area contributed by atoms with Gasteiger partial charge < -0.3 is 10.5 Å². The number of nitrogens with two attached hydrogens (primary N) is 1. The van der Waals surface area contributed by atoms with Crippen LogP contribution in [-0.4, -0.2) is 13.7 Å². The highest BCUT2D eigenvalue weighted by molar-refractivity contribution is 5.70. The molecule has 1 aromatic heterocycles. The normalized spacial score (nSPS) is 10.8. The smallest absolute Gasteiger partial charge is 0.205 e. The summed E-state index contributed by atoms with van der Waals surface area (Å²) < 4.78 is 7.51. The molecule has 0 aliphatic heterocycles. The second-order valence-electron chi connectivity index (χ2n) is 4.60. The maximum absolute atomic E-state index is 5.71. The largest absolute Gasteiger partial charge is 0.496 e. The van der Waals surface area contributed by atoms with Crippen LogP contribution in [-0.2, 0) is 6.54 Å². The maximum Gasteiger partial charge on any atom is 0.205 e. The van der Waals surface area contributed by atoms with Gasteiger partial charge in [0.15, 0.2) is 6.54 Å². The van der Waals surface area contributed by atoms with Crippen molar-refractivity contribution >= 4 is 18.2 Å². The molecule has 0 amide bonds. The molecule has 0 aliphatic rings. The van der Waals surface area contributed by atoms with E-state index in [0.717, 1.165) is 29.2 Å². The predicted octanol–water partition coefficient (Wildman–Crippen LogP) is 2.75. The summed E-state index contributed by atoms with van der Waals surface area (Å²) in [6.07, 6.45) is 5.96. The molecule has 0 spiro atoms. The van der Waals surface area contributed by atoms with Crippen LogP contribution in [0.15, 0.2) is 49.0 Å². The monoisotopic (exact) mass is 281 g/mol. The summed E-state index contributed by atoms with van der Waals surface area (Å²) in [7, 11) is 1.68. The quantitative estimate of drug-likeness (QED) is 0.827. The van der Waals surface area contributed by atoms with E-state index in [4.69, 9.17) is 10.5 Å². The number of pyridine rings is 1. The molecule has 0 unspecified atom stereocenters. The second-order valence-corrected chi connectivity index (χ2v) is 4.60. The fraction of sp³-hybridized carbons (Fsp3) is 0.167. The Hall–Kier alpha value is -2.39. The van der Waals surface area contributed by atoms with Gasteiger partial charge in [0.05, 0.1) is 13.7 Å². The van der Waals surface area contributed by atoms with Gasteiger partial charge in [-0.3, -0.25) is 0 Å². The van der Waals surface area contributed by atoms with E-state index in [2.05, 4.69) is 23.3 Å². The van der Waals surface area contributed by atoms with Gasteiger partial charge in [0.25, 0.3) is 0 Å². The van der Waals surface area contributed by atoms with E-state index in [0.29, 0.717) is 6.54 Å². The molecular weight excluding hydrogens is 260 g/mol. The van der Waals surface area contributed by atoms with Crippen LogP contribution >= 0.6 is 0 Å². The Bertz CT molecular complexity index is 647. The van der Waals surface area contributed by atoms with Gasteiger partial charge in [0.1, 0.15) is 5.75 Å². The average molecular weight is 281 g/mol. The molecule has 0 fully saturated rings. The number of hydrogen-bond donors (Lipinski definition) is 1. The van der Waals surface area contributed by atoms with Crippen LogP contribution in [0.5, 0.6) is 5.75 Å². The summed E-state index contributed by atoms with van der Waals surface area (Å²) >= 11 is 0. The van der Waals surface area contributed by atoms with E-state index in [1.807, 2.05) is 48.6 Å². The molecule has 1 heterocycles. The lowest BCUT2D eigenvalue weighted by Gasteiger charge is -2.05. The van der Waals surface area contributed by atoms with E-state index < -0.39 is 0 Å². The number of hydrogen-bond acceptors (Lipinski definition) is 2. The number of rotatable bonds is 6. The van der Waals surface area contributed by atoms with E-state index >= 15 is 0 Å². The minimum Gasteiger partial charge on any atom is -0.496 e. The van der Waals surface area contributed by atoms with E-state index in [9.17, 15) is 0 Å². The van der Waals surface area contributed by atoms with Crippen molar-refractivity contribution in [1.82, 2.24) is 0 Å². The predicted molar refractivity (Wildman–Crippen MR) is 87.7 cm³/mol. The number of nitrogens with zero attached hydrogens (tertiary/aromatic N) is 1. The molecule has 2 N–H and O–H groups in total. The van der Waals surface area contributed by atoms with Gasteiger partial charge in [-0.1, -0.05) is 24.8 Å². The lowest BCUT2D eigenvalue weighted by atomic mass is 10.1. The molecule has 0 radical (unpaired) electrons. The van der Waals surface area contributed by atoms with Crippen molar-refractivity contribution in [3.8, 4) is 5.75 Å². The van der Waals surface area contributed by atoms with Crippen molar-refractivity contribution < 1.29 is 9.30 Å². The van der Waals surface area contributed by atoms with Crippen molar-refractivity contribution in [2.45, 2.75) is 6.54 Å². The summed E-state index contributed by atoms with van der Waals surface area (Å²) in [4.78, 5) is 0. The Kier molecular flexibility index (Phi) is 5.29. The molecule has 3 nitrogen and oxygen atoms in total. The number of methoxy groups -OCH3 is 1. The minimum absolute atomic E-state index is 0.588. The van der Waals surface area contributed by atoms with E-state index in [-0.39, 0.29) is 0 Å². The van der Waals surface area contributed by atoms with Crippen molar-refractivity contribution in [2.24, 2.45) is 5.73 Å². The third-order valence-corrected chi connectivity index (χ3v) is 3.29.